The summed E-state index contributed by atoms with van der Waals surface area (Å²) in [6, 6.07) is 0. The number of aliphatic hydroxyl groups excluding tert-OH is 1. The molecule has 0 aliphatic carbocycles. The minimum atomic E-state index is -0.322. The summed E-state index contributed by atoms with van der Waals surface area (Å²) in [4.78, 5) is 0. The molecule has 0 aromatic heterocycles. The van der Waals surface area contributed by atoms with E-state index >= 15 is 0 Å². The Labute approximate surface area is 81.6 Å². The molecular formula is C11H22O2. The molecule has 0 saturated heterocycles. The Balaban J connectivity index is 3.97. The van der Waals surface area contributed by atoms with Crippen molar-refractivity contribution < 1.29 is 9.84 Å². The molecule has 0 aliphatic rings. The van der Waals surface area contributed by atoms with Crippen LogP contribution >= 0.6 is 0 Å². The lowest BCUT2D eigenvalue weighted by atomic mass is 9.81. The van der Waals surface area contributed by atoms with Crippen molar-refractivity contribution in [2.24, 2.45) is 11.3 Å². The van der Waals surface area contributed by atoms with Crippen molar-refractivity contribution in [1.29, 1.82) is 0 Å². The molecule has 1 N–H and O–H groups in total. The standard InChI is InChI=1S/C11H22O2/c1-6-7-13-8-11(4,5)10(12)9(2)3/h6,9-10,12H,1,7-8H2,2-5H3. The summed E-state index contributed by atoms with van der Waals surface area (Å²) < 4.78 is 5.34. The van der Waals surface area contributed by atoms with Gasteiger partial charge in [0.2, 0.25) is 0 Å². The number of ether oxygens (including phenoxy) is 1. The van der Waals surface area contributed by atoms with Gasteiger partial charge in [-0.3, -0.25) is 0 Å². The quantitative estimate of drug-likeness (QED) is 0.509. The Hall–Kier alpha value is -0.340. The molecule has 1 unspecified atom stereocenters. The van der Waals surface area contributed by atoms with Gasteiger partial charge in [-0.05, 0) is 5.92 Å². The predicted molar refractivity (Wildman–Crippen MR) is 55.6 cm³/mol. The maximum atomic E-state index is 9.85. The second-order valence-corrected chi connectivity index (χ2v) is 4.48. The summed E-state index contributed by atoms with van der Waals surface area (Å²) in [7, 11) is 0. The summed E-state index contributed by atoms with van der Waals surface area (Å²) in [5, 5.41) is 9.85. The van der Waals surface area contributed by atoms with Crippen molar-refractivity contribution >= 4 is 0 Å². The molecule has 0 rings (SSSR count). The molecular weight excluding hydrogens is 164 g/mol. The molecule has 0 amide bonds. The van der Waals surface area contributed by atoms with E-state index in [9.17, 15) is 5.11 Å². The minimum absolute atomic E-state index is 0.183. The maximum Gasteiger partial charge on any atom is 0.0645 e. The molecule has 2 nitrogen and oxygen atoms in total. The van der Waals surface area contributed by atoms with E-state index in [0.29, 0.717) is 13.2 Å². The van der Waals surface area contributed by atoms with Gasteiger partial charge in [0.15, 0.2) is 0 Å². The van der Waals surface area contributed by atoms with Gasteiger partial charge in [-0.25, -0.2) is 0 Å². The highest BCUT2D eigenvalue weighted by molar-refractivity contribution is 4.80. The average Bonchev–Trinajstić information content (AvgIpc) is 2.03. The van der Waals surface area contributed by atoms with Gasteiger partial charge in [0.05, 0.1) is 19.3 Å². The molecule has 78 valence electrons. The second-order valence-electron chi connectivity index (χ2n) is 4.48. The van der Waals surface area contributed by atoms with Crippen molar-refractivity contribution in [3.8, 4) is 0 Å². The fourth-order valence-corrected chi connectivity index (χ4v) is 1.39. The minimum Gasteiger partial charge on any atom is -0.392 e. The van der Waals surface area contributed by atoms with E-state index in [2.05, 4.69) is 6.58 Å². The van der Waals surface area contributed by atoms with E-state index in [-0.39, 0.29) is 17.4 Å². The fraction of sp³-hybridized carbons (Fsp3) is 0.818. The van der Waals surface area contributed by atoms with Gasteiger partial charge in [-0.2, -0.15) is 0 Å². The first-order valence-corrected chi connectivity index (χ1v) is 4.78. The molecule has 0 fully saturated rings. The molecule has 0 radical (unpaired) electrons. The molecule has 0 aliphatic heterocycles. The van der Waals surface area contributed by atoms with Gasteiger partial charge in [0, 0.05) is 5.41 Å². The van der Waals surface area contributed by atoms with Crippen LogP contribution in [0.1, 0.15) is 27.7 Å². The summed E-state index contributed by atoms with van der Waals surface area (Å²) in [5.41, 5.74) is -0.183. The third-order valence-electron chi connectivity index (χ3n) is 2.14. The number of hydrogen-bond donors (Lipinski definition) is 1. The van der Waals surface area contributed by atoms with Crippen LogP contribution in [0.3, 0.4) is 0 Å². The molecule has 13 heavy (non-hydrogen) atoms. The van der Waals surface area contributed by atoms with Gasteiger partial charge >= 0.3 is 0 Å². The predicted octanol–water partition coefficient (Wildman–Crippen LogP) is 2.23. The molecule has 0 aromatic carbocycles. The highest BCUT2D eigenvalue weighted by atomic mass is 16.5. The monoisotopic (exact) mass is 186 g/mol. The zero-order chi connectivity index (χ0) is 10.5. The van der Waals surface area contributed by atoms with Crippen LogP contribution in [-0.4, -0.2) is 24.4 Å². The van der Waals surface area contributed by atoms with Crippen molar-refractivity contribution in [3.05, 3.63) is 12.7 Å². The molecule has 0 heterocycles. The van der Waals surface area contributed by atoms with E-state index in [1.807, 2.05) is 27.7 Å². The lowest BCUT2D eigenvalue weighted by Crippen LogP contribution is -2.37. The molecule has 1 atom stereocenters. The molecule has 0 aromatic rings. The van der Waals surface area contributed by atoms with Gasteiger partial charge in [-0.15, -0.1) is 6.58 Å². The number of aliphatic hydroxyl groups is 1. The first kappa shape index (κ1) is 12.7. The Bertz CT molecular complexity index is 150. The highest BCUT2D eigenvalue weighted by Gasteiger charge is 2.30. The van der Waals surface area contributed by atoms with Crippen LogP contribution in [0.15, 0.2) is 12.7 Å². The number of rotatable bonds is 6. The van der Waals surface area contributed by atoms with Gasteiger partial charge in [-0.1, -0.05) is 33.8 Å². The van der Waals surface area contributed by atoms with Crippen LogP contribution in [0.4, 0.5) is 0 Å². The molecule has 0 spiro atoms. The van der Waals surface area contributed by atoms with Crippen molar-refractivity contribution in [2.45, 2.75) is 33.8 Å². The second kappa shape index (κ2) is 5.40. The first-order chi connectivity index (χ1) is 5.91. The highest BCUT2D eigenvalue weighted by Crippen LogP contribution is 2.26. The van der Waals surface area contributed by atoms with Crippen LogP contribution in [0.5, 0.6) is 0 Å². The summed E-state index contributed by atoms with van der Waals surface area (Å²) >= 11 is 0. The first-order valence-electron chi connectivity index (χ1n) is 4.78. The van der Waals surface area contributed by atoms with E-state index < -0.39 is 0 Å². The van der Waals surface area contributed by atoms with Crippen LogP contribution in [0, 0.1) is 11.3 Å². The Morgan fingerprint density at radius 2 is 2.00 bits per heavy atom. The SMILES string of the molecule is C=CCOCC(C)(C)C(O)C(C)C. The molecule has 0 saturated carbocycles. The van der Waals surface area contributed by atoms with Gasteiger partial charge in [0.25, 0.3) is 0 Å². The Morgan fingerprint density at radius 3 is 2.38 bits per heavy atom. The summed E-state index contributed by atoms with van der Waals surface area (Å²) in [6.45, 7) is 12.7. The van der Waals surface area contributed by atoms with Crippen LogP contribution < -0.4 is 0 Å². The van der Waals surface area contributed by atoms with Gasteiger partial charge in [0.1, 0.15) is 0 Å². The van der Waals surface area contributed by atoms with Crippen molar-refractivity contribution in [1.82, 2.24) is 0 Å². The Kier molecular flexibility index (Phi) is 5.26. The third-order valence-corrected chi connectivity index (χ3v) is 2.14. The fourth-order valence-electron chi connectivity index (χ4n) is 1.39. The van der Waals surface area contributed by atoms with Crippen LogP contribution in [-0.2, 0) is 4.74 Å². The molecule has 2 heteroatoms. The van der Waals surface area contributed by atoms with Crippen molar-refractivity contribution in [3.63, 3.8) is 0 Å². The van der Waals surface area contributed by atoms with Crippen molar-refractivity contribution in [2.75, 3.05) is 13.2 Å². The third kappa shape index (κ3) is 4.44. The van der Waals surface area contributed by atoms with Gasteiger partial charge < -0.3 is 9.84 Å². The topological polar surface area (TPSA) is 29.5 Å². The average molecular weight is 186 g/mol. The van der Waals surface area contributed by atoms with E-state index in [1.165, 1.54) is 0 Å². The zero-order valence-electron chi connectivity index (χ0n) is 9.21. The maximum absolute atomic E-state index is 9.85. The van der Waals surface area contributed by atoms with Crippen LogP contribution in [0.25, 0.3) is 0 Å². The largest absolute Gasteiger partial charge is 0.392 e. The summed E-state index contributed by atoms with van der Waals surface area (Å²) in [5.74, 6) is 0.266. The number of hydrogen-bond acceptors (Lipinski definition) is 2. The normalized spacial score (nSPS) is 14.6. The van der Waals surface area contributed by atoms with Crippen LogP contribution in [0.2, 0.25) is 0 Å². The van der Waals surface area contributed by atoms with E-state index in [4.69, 9.17) is 4.74 Å². The lowest BCUT2D eigenvalue weighted by Gasteiger charge is -2.32. The summed E-state index contributed by atoms with van der Waals surface area (Å²) in [6.07, 6.45) is 1.40. The lowest BCUT2D eigenvalue weighted by molar-refractivity contribution is -0.0391. The van der Waals surface area contributed by atoms with E-state index in [1.54, 1.807) is 6.08 Å². The van der Waals surface area contributed by atoms with E-state index in [0.717, 1.165) is 0 Å². The zero-order valence-corrected chi connectivity index (χ0v) is 9.21. The molecule has 0 bridgehead atoms. The Morgan fingerprint density at radius 1 is 1.46 bits per heavy atom. The smallest absolute Gasteiger partial charge is 0.0645 e.